The Bertz CT molecular complexity index is 1160. The van der Waals surface area contributed by atoms with Crippen molar-refractivity contribution < 1.29 is 22.7 Å². The van der Waals surface area contributed by atoms with E-state index in [1.165, 1.54) is 23.5 Å². The van der Waals surface area contributed by atoms with E-state index in [-0.39, 0.29) is 24.5 Å². The van der Waals surface area contributed by atoms with Crippen molar-refractivity contribution in [1.29, 1.82) is 0 Å². The van der Waals surface area contributed by atoms with Crippen LogP contribution in [0.4, 0.5) is 18.3 Å². The number of carbonyl (C=O) groups excluding carboxylic acids is 1. The quantitative estimate of drug-likeness (QED) is 0.425. The maximum Gasteiger partial charge on any atom is 0.416 e. The van der Waals surface area contributed by atoms with E-state index in [0.717, 1.165) is 42.0 Å². The van der Waals surface area contributed by atoms with Gasteiger partial charge < -0.3 is 9.64 Å². The second-order valence-corrected chi connectivity index (χ2v) is 9.63. The second-order valence-electron chi connectivity index (χ2n) is 8.62. The molecule has 0 bridgehead atoms. The number of hydrogen-bond acceptors (Lipinski definition) is 6. The molecule has 9 heteroatoms. The SMILES string of the molecule is CCOC(=O)Cc1cccc(CN2CCN(c3nc4ccc(C(F)(F)F)cc4s3)[C@H](C)[C@@H]2C)c1. The second kappa shape index (κ2) is 9.92. The van der Waals surface area contributed by atoms with E-state index in [0.29, 0.717) is 16.8 Å². The molecule has 0 amide bonds. The zero-order chi connectivity index (χ0) is 24.5. The number of hydrogen-bond donors (Lipinski definition) is 0. The first-order chi connectivity index (χ1) is 16.2. The normalized spacial score (nSPS) is 19.5. The highest BCUT2D eigenvalue weighted by atomic mass is 32.1. The first-order valence-electron chi connectivity index (χ1n) is 11.4. The van der Waals surface area contributed by atoms with Crippen LogP contribution in [0.25, 0.3) is 10.2 Å². The zero-order valence-electron chi connectivity index (χ0n) is 19.4. The number of carbonyl (C=O) groups is 1. The Morgan fingerprint density at radius 3 is 2.62 bits per heavy atom. The van der Waals surface area contributed by atoms with E-state index >= 15 is 0 Å². The lowest BCUT2D eigenvalue weighted by Crippen LogP contribution is -2.57. The summed E-state index contributed by atoms with van der Waals surface area (Å²) in [5, 5.41) is 0.754. The molecule has 1 aliphatic heterocycles. The predicted octanol–water partition coefficient (Wildman–Crippen LogP) is 5.52. The van der Waals surface area contributed by atoms with Crippen LogP contribution in [0.2, 0.25) is 0 Å². The molecule has 4 rings (SSSR count). The largest absolute Gasteiger partial charge is 0.466 e. The summed E-state index contributed by atoms with van der Waals surface area (Å²) in [4.78, 5) is 21.0. The third-order valence-electron chi connectivity index (χ3n) is 6.37. The number of anilines is 1. The Morgan fingerprint density at radius 1 is 1.12 bits per heavy atom. The van der Waals surface area contributed by atoms with E-state index in [1.807, 2.05) is 18.2 Å². The molecule has 182 valence electrons. The number of thiazole rings is 1. The maximum atomic E-state index is 13.1. The molecule has 0 saturated carbocycles. The minimum absolute atomic E-state index is 0.138. The van der Waals surface area contributed by atoms with Crippen molar-refractivity contribution in [1.82, 2.24) is 9.88 Å². The lowest BCUT2D eigenvalue weighted by molar-refractivity contribution is -0.142. The minimum Gasteiger partial charge on any atom is -0.466 e. The van der Waals surface area contributed by atoms with Crippen molar-refractivity contribution in [2.24, 2.45) is 0 Å². The number of piperazine rings is 1. The monoisotopic (exact) mass is 491 g/mol. The highest BCUT2D eigenvalue weighted by molar-refractivity contribution is 7.22. The van der Waals surface area contributed by atoms with Crippen LogP contribution in [-0.4, -0.2) is 47.6 Å². The molecule has 0 radical (unpaired) electrons. The molecule has 1 fully saturated rings. The first-order valence-corrected chi connectivity index (χ1v) is 12.2. The summed E-state index contributed by atoms with van der Waals surface area (Å²) >= 11 is 1.31. The number of halogens is 3. The van der Waals surface area contributed by atoms with Crippen molar-refractivity contribution in [3.05, 3.63) is 59.2 Å². The highest BCUT2D eigenvalue weighted by Crippen LogP contribution is 2.37. The van der Waals surface area contributed by atoms with Crippen molar-refractivity contribution in [3.63, 3.8) is 0 Å². The van der Waals surface area contributed by atoms with E-state index in [1.54, 1.807) is 6.92 Å². The van der Waals surface area contributed by atoms with Crippen molar-refractivity contribution in [2.75, 3.05) is 24.6 Å². The summed E-state index contributed by atoms with van der Waals surface area (Å²) in [5.74, 6) is -0.228. The predicted molar refractivity (Wildman–Crippen MR) is 128 cm³/mol. The van der Waals surface area contributed by atoms with Crippen LogP contribution in [0.5, 0.6) is 0 Å². The van der Waals surface area contributed by atoms with Gasteiger partial charge in [0.05, 0.1) is 28.8 Å². The van der Waals surface area contributed by atoms with Crippen LogP contribution < -0.4 is 4.90 Å². The Labute approximate surface area is 201 Å². The van der Waals surface area contributed by atoms with Crippen molar-refractivity contribution >= 4 is 32.7 Å². The van der Waals surface area contributed by atoms with E-state index in [4.69, 9.17) is 4.74 Å². The third kappa shape index (κ3) is 5.36. The smallest absolute Gasteiger partial charge is 0.416 e. The van der Waals surface area contributed by atoms with E-state index in [9.17, 15) is 18.0 Å². The third-order valence-corrected chi connectivity index (χ3v) is 7.43. The number of aromatic nitrogens is 1. The Balaban J connectivity index is 1.45. The van der Waals surface area contributed by atoms with E-state index < -0.39 is 11.7 Å². The minimum atomic E-state index is -4.36. The molecule has 1 aromatic heterocycles. The summed E-state index contributed by atoms with van der Waals surface area (Å²) in [6, 6.07) is 12.1. The molecule has 34 heavy (non-hydrogen) atoms. The molecule has 3 aromatic rings. The highest BCUT2D eigenvalue weighted by Gasteiger charge is 2.33. The van der Waals surface area contributed by atoms with Crippen LogP contribution in [0.15, 0.2) is 42.5 Å². The molecule has 1 saturated heterocycles. The number of nitrogens with zero attached hydrogens (tertiary/aromatic N) is 3. The zero-order valence-corrected chi connectivity index (χ0v) is 20.2. The van der Waals surface area contributed by atoms with Gasteiger partial charge in [-0.2, -0.15) is 13.2 Å². The molecule has 0 N–H and O–H groups in total. The average Bonchev–Trinajstić information content (AvgIpc) is 3.20. The fourth-order valence-electron chi connectivity index (χ4n) is 4.36. The Kier molecular flexibility index (Phi) is 7.14. The van der Waals surface area contributed by atoms with Gasteiger partial charge in [-0.1, -0.05) is 35.6 Å². The molecule has 0 aliphatic carbocycles. The number of benzene rings is 2. The Morgan fingerprint density at radius 2 is 1.88 bits per heavy atom. The number of rotatable bonds is 6. The van der Waals surface area contributed by atoms with Gasteiger partial charge in [0.1, 0.15) is 0 Å². The topological polar surface area (TPSA) is 45.7 Å². The van der Waals surface area contributed by atoms with E-state index in [2.05, 4.69) is 34.7 Å². The molecule has 5 nitrogen and oxygen atoms in total. The molecule has 0 spiro atoms. The first kappa shape index (κ1) is 24.5. The summed E-state index contributed by atoms with van der Waals surface area (Å²) in [5.41, 5.74) is 2.01. The molecule has 2 aromatic carbocycles. The Hall–Kier alpha value is -2.65. The summed E-state index contributed by atoms with van der Waals surface area (Å²) in [7, 11) is 0. The fourth-order valence-corrected chi connectivity index (χ4v) is 5.48. The molecular weight excluding hydrogens is 463 g/mol. The van der Waals surface area contributed by atoms with Crippen LogP contribution in [-0.2, 0) is 28.7 Å². The van der Waals surface area contributed by atoms with Gasteiger partial charge in [-0.25, -0.2) is 4.98 Å². The summed E-state index contributed by atoms with van der Waals surface area (Å²) in [6.45, 7) is 8.75. The average molecular weight is 492 g/mol. The lowest BCUT2D eigenvalue weighted by atomic mass is 10.0. The molecule has 2 heterocycles. The summed E-state index contributed by atoms with van der Waals surface area (Å²) < 4.78 is 44.8. The molecule has 2 atom stereocenters. The number of fused-ring (bicyclic) bond motifs is 1. The standard InChI is InChI=1S/C25H28F3N3O2S/c1-4-33-23(32)13-18-6-5-7-19(12-18)15-30-10-11-31(17(3)16(30)2)24-29-21-9-8-20(25(26,27)28)14-22(21)34-24/h5-9,12,14,16-17H,4,10-11,13,15H2,1-3H3/t16-,17+/m0/s1. The van der Waals surface area contributed by atoms with Gasteiger partial charge in [-0.15, -0.1) is 0 Å². The molecule has 0 unspecified atom stereocenters. The number of ether oxygens (including phenoxy) is 1. The fraction of sp³-hybridized carbons (Fsp3) is 0.440. The van der Waals surface area contributed by atoms with Crippen LogP contribution in [0.1, 0.15) is 37.5 Å². The van der Waals surface area contributed by atoms with Crippen molar-refractivity contribution in [2.45, 2.75) is 52.0 Å². The molecular formula is C25H28F3N3O2S. The maximum absolute atomic E-state index is 13.1. The van der Waals surface area contributed by atoms with Gasteiger partial charge in [0.2, 0.25) is 0 Å². The van der Waals surface area contributed by atoms with Crippen LogP contribution in [0, 0.1) is 0 Å². The number of esters is 1. The van der Waals surface area contributed by atoms with Gasteiger partial charge in [-0.05, 0) is 50.1 Å². The van der Waals surface area contributed by atoms with Gasteiger partial charge >= 0.3 is 12.1 Å². The van der Waals surface area contributed by atoms with Gasteiger partial charge in [0, 0.05) is 31.7 Å². The lowest BCUT2D eigenvalue weighted by Gasteiger charge is -2.45. The van der Waals surface area contributed by atoms with Crippen LogP contribution in [0.3, 0.4) is 0 Å². The molecule has 1 aliphatic rings. The van der Waals surface area contributed by atoms with Gasteiger partial charge in [0.25, 0.3) is 0 Å². The van der Waals surface area contributed by atoms with Crippen LogP contribution >= 0.6 is 11.3 Å². The van der Waals surface area contributed by atoms with Gasteiger partial charge in [0.15, 0.2) is 5.13 Å². The summed E-state index contributed by atoms with van der Waals surface area (Å²) in [6.07, 6.45) is -4.10. The number of alkyl halides is 3. The van der Waals surface area contributed by atoms with Crippen molar-refractivity contribution in [3.8, 4) is 0 Å². The van der Waals surface area contributed by atoms with Gasteiger partial charge in [-0.3, -0.25) is 9.69 Å².